The molecule has 0 aromatic heterocycles. The molecule has 0 N–H and O–H groups in total. The largest absolute Gasteiger partial charge is 0.294 e. The zero-order valence-electron chi connectivity index (χ0n) is 9.29. The normalized spacial score (nSPS) is 10.4. The Morgan fingerprint density at radius 2 is 1.83 bits per heavy atom. The van der Waals surface area contributed by atoms with E-state index in [0.717, 1.165) is 14.7 Å². The number of hydrogen-bond acceptors (Lipinski definition) is 1. The van der Waals surface area contributed by atoms with Crippen LogP contribution in [0.4, 0.5) is 0 Å². The lowest BCUT2D eigenvalue weighted by molar-refractivity contribution is 0.0992. The second kappa shape index (κ2) is 6.04. The maximum atomic E-state index is 12.2. The zero-order chi connectivity index (χ0) is 13.1. The predicted octanol–water partition coefficient (Wildman–Crippen LogP) is 5.02. The van der Waals surface area contributed by atoms with Gasteiger partial charge >= 0.3 is 0 Å². The van der Waals surface area contributed by atoms with Crippen molar-refractivity contribution in [3.8, 4) is 0 Å². The topological polar surface area (TPSA) is 17.1 Å². The van der Waals surface area contributed by atoms with Crippen molar-refractivity contribution in [1.29, 1.82) is 0 Å². The van der Waals surface area contributed by atoms with Crippen molar-refractivity contribution in [3.05, 3.63) is 67.2 Å². The molecule has 0 amide bonds. The van der Waals surface area contributed by atoms with Gasteiger partial charge in [-0.2, -0.15) is 0 Å². The van der Waals surface area contributed by atoms with Gasteiger partial charge in [0.2, 0.25) is 0 Å². The van der Waals surface area contributed by atoms with E-state index >= 15 is 0 Å². The lowest BCUT2D eigenvalue weighted by Crippen LogP contribution is -2.05. The summed E-state index contributed by atoms with van der Waals surface area (Å²) in [5, 5.41) is 1.10. The van der Waals surface area contributed by atoms with Crippen molar-refractivity contribution in [2.24, 2.45) is 0 Å². The first-order valence-corrected chi connectivity index (χ1v) is 7.13. The summed E-state index contributed by atoms with van der Waals surface area (Å²) in [6, 6.07) is 12.7. The molecule has 2 rings (SSSR count). The molecule has 92 valence electrons. The Morgan fingerprint density at radius 1 is 1.11 bits per heavy atom. The van der Waals surface area contributed by atoms with Crippen molar-refractivity contribution >= 4 is 51.6 Å². The third-order valence-corrected chi connectivity index (χ3v) is 4.07. The third kappa shape index (κ3) is 3.25. The smallest absolute Gasteiger partial charge is 0.168 e. The molecule has 0 aliphatic carbocycles. The molecule has 0 radical (unpaired) electrons. The number of rotatable bonds is 3. The molecule has 0 unspecified atom stereocenters. The molecule has 2 aromatic carbocycles. The average molecular weight is 391 g/mol. The fourth-order valence-corrected chi connectivity index (χ4v) is 2.78. The minimum absolute atomic E-state index is 0.0595. The van der Waals surface area contributed by atoms with Crippen molar-refractivity contribution in [2.75, 3.05) is 0 Å². The van der Waals surface area contributed by atoms with E-state index in [9.17, 15) is 4.79 Å². The second-order valence-electron chi connectivity index (χ2n) is 3.82. The summed E-state index contributed by atoms with van der Waals surface area (Å²) in [4.78, 5) is 12.2. The standard InChI is InChI=1S/C14H9Cl2IO/c15-10-6-5-9(12(16)8-10)7-14(18)11-3-1-2-4-13(11)17/h1-6,8H,7H2. The maximum absolute atomic E-state index is 12.2. The van der Waals surface area contributed by atoms with E-state index in [1.54, 1.807) is 18.2 Å². The first kappa shape index (κ1) is 13.8. The Hall–Kier alpha value is -0.580. The number of benzene rings is 2. The van der Waals surface area contributed by atoms with Crippen LogP contribution in [0.15, 0.2) is 42.5 Å². The molecular formula is C14H9Cl2IO. The Morgan fingerprint density at radius 3 is 2.50 bits per heavy atom. The highest BCUT2D eigenvalue weighted by Gasteiger charge is 2.12. The quantitative estimate of drug-likeness (QED) is 0.531. The summed E-state index contributed by atoms with van der Waals surface area (Å²) < 4.78 is 0.949. The van der Waals surface area contributed by atoms with Crippen LogP contribution in [0.5, 0.6) is 0 Å². The van der Waals surface area contributed by atoms with Crippen molar-refractivity contribution < 1.29 is 4.79 Å². The van der Waals surface area contributed by atoms with E-state index in [1.807, 2.05) is 24.3 Å². The number of carbonyl (C=O) groups is 1. The summed E-state index contributed by atoms with van der Waals surface area (Å²) in [6.07, 6.45) is 0.288. The van der Waals surface area contributed by atoms with Gasteiger partial charge in [-0.25, -0.2) is 0 Å². The van der Waals surface area contributed by atoms with Gasteiger partial charge < -0.3 is 0 Å². The number of Topliss-reactive ketones (excluding diaryl/α,β-unsaturated/α-hetero) is 1. The molecule has 0 atom stereocenters. The number of carbonyl (C=O) groups excluding carboxylic acids is 1. The van der Waals surface area contributed by atoms with Gasteiger partial charge in [-0.05, 0) is 46.4 Å². The molecule has 2 aromatic rings. The SMILES string of the molecule is O=C(Cc1ccc(Cl)cc1Cl)c1ccccc1I. The lowest BCUT2D eigenvalue weighted by Gasteiger charge is -2.06. The average Bonchev–Trinajstić information content (AvgIpc) is 2.33. The molecule has 0 spiro atoms. The highest BCUT2D eigenvalue weighted by atomic mass is 127. The van der Waals surface area contributed by atoms with Gasteiger partial charge in [0.1, 0.15) is 0 Å². The van der Waals surface area contributed by atoms with Crippen LogP contribution in [0.2, 0.25) is 10.0 Å². The number of ketones is 1. The molecule has 1 nitrogen and oxygen atoms in total. The summed E-state index contributed by atoms with van der Waals surface area (Å²) in [7, 11) is 0. The molecule has 0 saturated carbocycles. The maximum Gasteiger partial charge on any atom is 0.168 e. The summed E-state index contributed by atoms with van der Waals surface area (Å²) in [5.41, 5.74) is 1.52. The monoisotopic (exact) mass is 390 g/mol. The minimum Gasteiger partial charge on any atom is -0.294 e. The van der Waals surface area contributed by atoms with Gasteiger partial charge in [0.05, 0.1) is 0 Å². The van der Waals surface area contributed by atoms with Gasteiger partial charge in [0.25, 0.3) is 0 Å². The number of hydrogen-bond donors (Lipinski definition) is 0. The van der Waals surface area contributed by atoms with E-state index in [-0.39, 0.29) is 12.2 Å². The molecule has 0 saturated heterocycles. The summed E-state index contributed by atoms with van der Waals surface area (Å²) >= 11 is 14.0. The molecule has 0 fully saturated rings. The summed E-state index contributed by atoms with van der Waals surface area (Å²) in [5.74, 6) is 0.0595. The van der Waals surface area contributed by atoms with Gasteiger partial charge in [0.15, 0.2) is 5.78 Å². The van der Waals surface area contributed by atoms with Crippen LogP contribution in [0.25, 0.3) is 0 Å². The van der Waals surface area contributed by atoms with E-state index in [0.29, 0.717) is 10.0 Å². The van der Waals surface area contributed by atoms with E-state index in [1.165, 1.54) is 0 Å². The lowest BCUT2D eigenvalue weighted by atomic mass is 10.0. The van der Waals surface area contributed by atoms with Crippen LogP contribution in [0, 0.1) is 3.57 Å². The third-order valence-electron chi connectivity index (χ3n) is 2.54. The molecular weight excluding hydrogens is 382 g/mol. The molecule has 0 aliphatic heterocycles. The highest BCUT2D eigenvalue weighted by molar-refractivity contribution is 14.1. The minimum atomic E-state index is 0.0595. The van der Waals surface area contributed by atoms with Crippen LogP contribution in [0.1, 0.15) is 15.9 Å². The van der Waals surface area contributed by atoms with E-state index in [2.05, 4.69) is 22.6 Å². The highest BCUT2D eigenvalue weighted by Crippen LogP contribution is 2.23. The molecule has 0 bridgehead atoms. The van der Waals surface area contributed by atoms with Gasteiger partial charge in [-0.15, -0.1) is 0 Å². The van der Waals surface area contributed by atoms with Crippen LogP contribution in [-0.4, -0.2) is 5.78 Å². The Balaban J connectivity index is 2.24. The first-order chi connectivity index (χ1) is 8.58. The van der Waals surface area contributed by atoms with Crippen LogP contribution >= 0.6 is 45.8 Å². The van der Waals surface area contributed by atoms with Gasteiger partial charge in [-0.1, -0.05) is 47.5 Å². The number of halogens is 3. The van der Waals surface area contributed by atoms with Crippen LogP contribution < -0.4 is 0 Å². The predicted molar refractivity (Wildman–Crippen MR) is 83.7 cm³/mol. The van der Waals surface area contributed by atoms with E-state index < -0.39 is 0 Å². The zero-order valence-corrected chi connectivity index (χ0v) is 13.0. The van der Waals surface area contributed by atoms with Crippen molar-refractivity contribution in [2.45, 2.75) is 6.42 Å². The molecule has 0 aliphatic rings. The van der Waals surface area contributed by atoms with Crippen LogP contribution in [0.3, 0.4) is 0 Å². The molecule has 0 heterocycles. The van der Waals surface area contributed by atoms with Gasteiger partial charge in [0, 0.05) is 25.6 Å². The first-order valence-electron chi connectivity index (χ1n) is 5.29. The fraction of sp³-hybridized carbons (Fsp3) is 0.0714. The summed E-state index contributed by atoms with van der Waals surface area (Å²) in [6.45, 7) is 0. The Labute approximate surface area is 129 Å². The van der Waals surface area contributed by atoms with Gasteiger partial charge in [-0.3, -0.25) is 4.79 Å². The second-order valence-corrected chi connectivity index (χ2v) is 5.82. The Bertz CT molecular complexity index is 596. The fourth-order valence-electron chi connectivity index (χ4n) is 1.62. The van der Waals surface area contributed by atoms with Crippen molar-refractivity contribution in [1.82, 2.24) is 0 Å². The van der Waals surface area contributed by atoms with Crippen LogP contribution in [-0.2, 0) is 6.42 Å². The van der Waals surface area contributed by atoms with E-state index in [4.69, 9.17) is 23.2 Å². The van der Waals surface area contributed by atoms with Crippen molar-refractivity contribution in [3.63, 3.8) is 0 Å². The molecule has 4 heteroatoms. The molecule has 18 heavy (non-hydrogen) atoms. The Kier molecular flexibility index (Phi) is 4.65.